The Bertz CT molecular complexity index is 372. The minimum atomic E-state index is -1.16. The Labute approximate surface area is 118 Å². The van der Waals surface area contributed by atoms with Crippen molar-refractivity contribution in [3.63, 3.8) is 0 Å². The van der Waals surface area contributed by atoms with Gasteiger partial charge < -0.3 is 26.3 Å². The average Bonchev–Trinajstić information content (AvgIpc) is 2.45. The molecule has 0 aliphatic heterocycles. The third-order valence-electron chi connectivity index (χ3n) is 3.23. The van der Waals surface area contributed by atoms with Gasteiger partial charge in [0, 0.05) is 13.7 Å². The lowest BCUT2D eigenvalue weighted by Crippen LogP contribution is -2.53. The molecular weight excluding hydrogens is 264 g/mol. The first-order valence-electron chi connectivity index (χ1n) is 6.39. The summed E-state index contributed by atoms with van der Waals surface area (Å²) >= 11 is 0. The van der Waals surface area contributed by atoms with Gasteiger partial charge in [-0.25, -0.2) is 0 Å². The van der Waals surface area contributed by atoms with Crippen LogP contribution in [0.2, 0.25) is 0 Å². The van der Waals surface area contributed by atoms with Crippen molar-refractivity contribution in [2.75, 3.05) is 20.3 Å². The van der Waals surface area contributed by atoms with Crippen LogP contribution in [-0.2, 0) is 14.3 Å². The highest BCUT2D eigenvalue weighted by Crippen LogP contribution is 2.21. The number of nitrogens with one attached hydrogen (secondary N) is 2. The quantitative estimate of drug-likeness (QED) is 0.156. The molecule has 2 amide bonds. The van der Waals surface area contributed by atoms with Crippen LogP contribution < -0.4 is 16.4 Å². The molecule has 0 radical (unpaired) electrons. The number of oxime groups is 1. The zero-order valence-electron chi connectivity index (χ0n) is 12.4. The molecule has 20 heavy (non-hydrogen) atoms. The number of hydrogen-bond acceptors (Lipinski definition) is 5. The molecule has 0 aromatic heterocycles. The van der Waals surface area contributed by atoms with E-state index in [0.717, 1.165) is 0 Å². The van der Waals surface area contributed by atoms with Gasteiger partial charge in [-0.05, 0) is 20.3 Å². The molecule has 2 atom stereocenters. The predicted molar refractivity (Wildman–Crippen MR) is 74.3 cm³/mol. The van der Waals surface area contributed by atoms with Crippen LogP contribution in [0.25, 0.3) is 0 Å². The molecular formula is C12H24N4O4. The number of carbonyl (C=O) groups is 2. The molecule has 0 aliphatic rings. The van der Waals surface area contributed by atoms with Crippen molar-refractivity contribution in [3.8, 4) is 0 Å². The topological polar surface area (TPSA) is 126 Å². The molecule has 0 fully saturated rings. The Balaban J connectivity index is 4.61. The summed E-state index contributed by atoms with van der Waals surface area (Å²) in [6, 6.07) is -0.725. The van der Waals surface area contributed by atoms with E-state index in [2.05, 4.69) is 15.8 Å². The van der Waals surface area contributed by atoms with E-state index < -0.39 is 17.4 Å². The number of methoxy groups -OCH3 is 1. The number of carbonyl (C=O) groups excluding carboxylic acids is 2. The predicted octanol–water partition coefficient (Wildman–Crippen LogP) is -0.584. The Morgan fingerprint density at radius 1 is 1.50 bits per heavy atom. The summed E-state index contributed by atoms with van der Waals surface area (Å²) in [5, 5.41) is 16.8. The van der Waals surface area contributed by atoms with E-state index in [0.29, 0.717) is 19.6 Å². The fourth-order valence-corrected chi connectivity index (χ4v) is 1.42. The van der Waals surface area contributed by atoms with Gasteiger partial charge in [-0.2, -0.15) is 0 Å². The van der Waals surface area contributed by atoms with Gasteiger partial charge >= 0.3 is 0 Å². The van der Waals surface area contributed by atoms with Gasteiger partial charge in [0.1, 0.15) is 11.5 Å². The minimum Gasteiger partial charge on any atom is -0.409 e. The maximum atomic E-state index is 12.2. The summed E-state index contributed by atoms with van der Waals surface area (Å²) in [4.78, 5) is 23.9. The largest absolute Gasteiger partial charge is 0.409 e. The Hall–Kier alpha value is -1.83. The number of amides is 2. The van der Waals surface area contributed by atoms with Crippen LogP contribution in [-0.4, -0.2) is 49.2 Å². The molecule has 0 spiro atoms. The standard InChI is InChI=1S/C12H24N4O4/c1-5-12(3,10(13)16-19)11(18)15-8(2)9(17)14-6-7-20-4/h8,19H,5-7H2,1-4H3,(H2,13,16)(H,14,17)(H,15,18). The highest BCUT2D eigenvalue weighted by atomic mass is 16.5. The second-order valence-electron chi connectivity index (χ2n) is 4.65. The average molecular weight is 288 g/mol. The molecule has 0 bridgehead atoms. The zero-order valence-corrected chi connectivity index (χ0v) is 12.4. The van der Waals surface area contributed by atoms with Crippen LogP contribution in [0.5, 0.6) is 0 Å². The maximum absolute atomic E-state index is 12.2. The van der Waals surface area contributed by atoms with Crippen LogP contribution >= 0.6 is 0 Å². The van der Waals surface area contributed by atoms with E-state index >= 15 is 0 Å². The summed E-state index contributed by atoms with van der Waals surface area (Å²) in [6.07, 6.45) is 0.340. The molecule has 0 saturated carbocycles. The first-order chi connectivity index (χ1) is 9.33. The van der Waals surface area contributed by atoms with Gasteiger partial charge in [-0.3, -0.25) is 9.59 Å². The van der Waals surface area contributed by atoms with Crippen molar-refractivity contribution in [2.45, 2.75) is 33.2 Å². The normalized spacial score (nSPS) is 16.1. The summed E-state index contributed by atoms with van der Waals surface area (Å²) in [5.41, 5.74) is 4.38. The smallest absolute Gasteiger partial charge is 0.242 e. The van der Waals surface area contributed by atoms with Gasteiger partial charge in [0.2, 0.25) is 11.8 Å². The molecule has 0 heterocycles. The van der Waals surface area contributed by atoms with Crippen LogP contribution in [0.1, 0.15) is 27.2 Å². The van der Waals surface area contributed by atoms with E-state index in [4.69, 9.17) is 15.7 Å². The molecule has 0 rings (SSSR count). The van der Waals surface area contributed by atoms with Crippen LogP contribution in [0.15, 0.2) is 5.16 Å². The van der Waals surface area contributed by atoms with Crippen molar-refractivity contribution < 1.29 is 19.5 Å². The van der Waals surface area contributed by atoms with Crippen LogP contribution in [0.4, 0.5) is 0 Å². The van der Waals surface area contributed by atoms with Gasteiger partial charge in [0.15, 0.2) is 5.84 Å². The van der Waals surface area contributed by atoms with E-state index in [1.54, 1.807) is 20.8 Å². The lowest BCUT2D eigenvalue weighted by molar-refractivity contribution is -0.132. The van der Waals surface area contributed by atoms with E-state index in [9.17, 15) is 9.59 Å². The van der Waals surface area contributed by atoms with Gasteiger partial charge in [0.05, 0.1) is 6.61 Å². The molecule has 0 aromatic carbocycles. The second kappa shape index (κ2) is 8.36. The fourth-order valence-electron chi connectivity index (χ4n) is 1.42. The van der Waals surface area contributed by atoms with E-state index in [-0.39, 0.29) is 11.7 Å². The van der Waals surface area contributed by atoms with Crippen LogP contribution in [0, 0.1) is 5.41 Å². The number of ether oxygens (including phenoxy) is 1. The molecule has 116 valence electrons. The third kappa shape index (κ3) is 4.69. The van der Waals surface area contributed by atoms with Crippen molar-refractivity contribution in [2.24, 2.45) is 16.3 Å². The van der Waals surface area contributed by atoms with E-state index in [1.165, 1.54) is 7.11 Å². The Morgan fingerprint density at radius 2 is 2.10 bits per heavy atom. The first kappa shape index (κ1) is 18.2. The lowest BCUT2D eigenvalue weighted by atomic mass is 9.85. The molecule has 0 aliphatic carbocycles. The van der Waals surface area contributed by atoms with Gasteiger partial charge in [-0.15, -0.1) is 0 Å². The van der Waals surface area contributed by atoms with Crippen molar-refractivity contribution >= 4 is 17.6 Å². The zero-order chi connectivity index (χ0) is 15.8. The highest BCUT2D eigenvalue weighted by molar-refractivity contribution is 6.07. The van der Waals surface area contributed by atoms with Gasteiger partial charge in [0.25, 0.3) is 0 Å². The number of nitrogens with zero attached hydrogens (tertiary/aromatic N) is 1. The molecule has 8 nitrogen and oxygen atoms in total. The second-order valence-corrected chi connectivity index (χ2v) is 4.65. The first-order valence-corrected chi connectivity index (χ1v) is 6.39. The summed E-state index contributed by atoms with van der Waals surface area (Å²) in [5.74, 6) is -0.984. The SMILES string of the molecule is CCC(C)(C(=O)NC(C)C(=O)NCCOC)C(N)=NO. The molecule has 2 unspecified atom stereocenters. The summed E-state index contributed by atoms with van der Waals surface area (Å²) < 4.78 is 4.81. The summed E-state index contributed by atoms with van der Waals surface area (Å²) in [6.45, 7) is 5.60. The molecule has 0 aromatic rings. The van der Waals surface area contributed by atoms with Crippen molar-refractivity contribution in [1.29, 1.82) is 0 Å². The Kier molecular flexibility index (Phi) is 7.60. The molecule has 8 heteroatoms. The highest BCUT2D eigenvalue weighted by Gasteiger charge is 2.37. The third-order valence-corrected chi connectivity index (χ3v) is 3.23. The lowest BCUT2D eigenvalue weighted by Gasteiger charge is -2.27. The van der Waals surface area contributed by atoms with E-state index in [1.807, 2.05) is 0 Å². The number of nitrogens with two attached hydrogens (primary N) is 1. The fraction of sp³-hybridized carbons (Fsp3) is 0.750. The van der Waals surface area contributed by atoms with Crippen molar-refractivity contribution in [3.05, 3.63) is 0 Å². The Morgan fingerprint density at radius 3 is 2.55 bits per heavy atom. The number of hydrogen-bond donors (Lipinski definition) is 4. The number of amidine groups is 1. The molecule has 5 N–H and O–H groups in total. The van der Waals surface area contributed by atoms with Crippen LogP contribution in [0.3, 0.4) is 0 Å². The van der Waals surface area contributed by atoms with Crippen molar-refractivity contribution in [1.82, 2.24) is 10.6 Å². The number of rotatable bonds is 8. The molecule has 0 saturated heterocycles. The monoisotopic (exact) mass is 288 g/mol. The summed E-state index contributed by atoms with van der Waals surface area (Å²) in [7, 11) is 1.53. The minimum absolute atomic E-state index is 0.190. The van der Waals surface area contributed by atoms with Gasteiger partial charge in [-0.1, -0.05) is 12.1 Å². The maximum Gasteiger partial charge on any atom is 0.242 e.